The first-order valence-corrected chi connectivity index (χ1v) is 9.47. The Hall–Kier alpha value is -3.36. The number of aryl methyl sites for hydroxylation is 1. The molecule has 0 radical (unpaired) electrons. The van der Waals surface area contributed by atoms with Crippen LogP contribution in [0.1, 0.15) is 24.2 Å². The van der Waals surface area contributed by atoms with Crippen LogP contribution in [0.25, 0.3) is 0 Å². The van der Waals surface area contributed by atoms with Crippen molar-refractivity contribution < 1.29 is 19.1 Å². The van der Waals surface area contributed by atoms with E-state index in [1.165, 1.54) is 4.90 Å². The quantitative estimate of drug-likeness (QED) is 0.617. The van der Waals surface area contributed by atoms with E-state index >= 15 is 0 Å². The molecule has 154 valence electrons. The third-order valence-corrected chi connectivity index (χ3v) is 4.87. The Morgan fingerprint density at radius 2 is 2.03 bits per heavy atom. The van der Waals surface area contributed by atoms with Crippen LogP contribution in [0, 0.1) is 6.92 Å². The SMILES string of the molecule is COc1ccc(CN2C(=O)N[C@H](CCC(=O)NCCn3ccnc3C)C2=O)cc1. The monoisotopic (exact) mass is 399 g/mol. The number of benzene rings is 1. The van der Waals surface area contributed by atoms with Gasteiger partial charge in [0, 0.05) is 31.9 Å². The zero-order valence-corrected chi connectivity index (χ0v) is 16.6. The molecular weight excluding hydrogens is 374 g/mol. The first kappa shape index (κ1) is 20.4. The Bertz CT molecular complexity index is 877. The predicted molar refractivity (Wildman–Crippen MR) is 105 cm³/mol. The van der Waals surface area contributed by atoms with Gasteiger partial charge in [-0.3, -0.25) is 14.5 Å². The van der Waals surface area contributed by atoms with E-state index in [4.69, 9.17) is 4.74 Å². The van der Waals surface area contributed by atoms with Gasteiger partial charge in [0.05, 0.1) is 13.7 Å². The molecule has 9 heteroatoms. The molecule has 1 aromatic carbocycles. The number of imidazole rings is 1. The van der Waals surface area contributed by atoms with E-state index in [1.807, 2.05) is 29.8 Å². The molecule has 2 N–H and O–H groups in total. The third-order valence-electron chi connectivity index (χ3n) is 4.87. The van der Waals surface area contributed by atoms with Gasteiger partial charge in [0.25, 0.3) is 5.91 Å². The van der Waals surface area contributed by atoms with Crippen LogP contribution in [0.5, 0.6) is 5.75 Å². The smallest absolute Gasteiger partial charge is 0.325 e. The van der Waals surface area contributed by atoms with E-state index in [1.54, 1.807) is 25.4 Å². The van der Waals surface area contributed by atoms with Crippen molar-refractivity contribution in [1.82, 2.24) is 25.1 Å². The molecule has 29 heavy (non-hydrogen) atoms. The first-order valence-electron chi connectivity index (χ1n) is 9.47. The number of rotatable bonds is 9. The van der Waals surface area contributed by atoms with Gasteiger partial charge in [-0.25, -0.2) is 9.78 Å². The maximum Gasteiger partial charge on any atom is 0.325 e. The van der Waals surface area contributed by atoms with Crippen molar-refractivity contribution in [2.45, 2.75) is 38.9 Å². The molecule has 1 atom stereocenters. The molecular formula is C20H25N5O4. The number of methoxy groups -OCH3 is 1. The average Bonchev–Trinajstić information content (AvgIpc) is 3.24. The minimum atomic E-state index is -0.678. The maximum atomic E-state index is 12.5. The largest absolute Gasteiger partial charge is 0.497 e. The molecule has 1 aromatic heterocycles. The van der Waals surface area contributed by atoms with Crippen LogP contribution in [-0.2, 0) is 22.7 Å². The molecule has 2 aromatic rings. The summed E-state index contributed by atoms with van der Waals surface area (Å²) in [6.45, 7) is 3.19. The Kier molecular flexibility index (Phi) is 6.48. The number of carbonyl (C=O) groups is 3. The summed E-state index contributed by atoms with van der Waals surface area (Å²) in [4.78, 5) is 42.0. The lowest BCUT2D eigenvalue weighted by atomic mass is 10.1. The molecule has 0 bridgehead atoms. The lowest BCUT2D eigenvalue weighted by Gasteiger charge is -2.13. The molecule has 1 aliphatic rings. The number of imide groups is 1. The number of nitrogens with one attached hydrogen (secondary N) is 2. The highest BCUT2D eigenvalue weighted by atomic mass is 16.5. The van der Waals surface area contributed by atoms with Crippen molar-refractivity contribution in [3.63, 3.8) is 0 Å². The molecule has 1 aliphatic heterocycles. The van der Waals surface area contributed by atoms with Crippen molar-refractivity contribution >= 4 is 17.8 Å². The van der Waals surface area contributed by atoms with Crippen LogP contribution in [0.2, 0.25) is 0 Å². The predicted octanol–water partition coefficient (Wildman–Crippen LogP) is 1.22. The summed E-state index contributed by atoms with van der Waals surface area (Å²) in [5.74, 6) is 1.12. The number of aromatic nitrogens is 2. The number of ether oxygens (including phenoxy) is 1. The van der Waals surface area contributed by atoms with Crippen LogP contribution in [0.4, 0.5) is 4.79 Å². The molecule has 0 saturated carbocycles. The summed E-state index contributed by atoms with van der Waals surface area (Å²) < 4.78 is 7.05. The fraction of sp³-hybridized carbons (Fsp3) is 0.400. The lowest BCUT2D eigenvalue weighted by molar-refractivity contribution is -0.128. The van der Waals surface area contributed by atoms with Gasteiger partial charge in [-0.15, -0.1) is 0 Å². The molecule has 1 saturated heterocycles. The summed E-state index contributed by atoms with van der Waals surface area (Å²) in [6.07, 6.45) is 3.99. The number of nitrogens with zero attached hydrogens (tertiary/aromatic N) is 3. The standard InChI is InChI=1S/C20H25N5O4/c1-14-21-9-11-24(14)12-10-22-18(26)8-7-17-19(27)25(20(28)23-17)13-15-3-5-16(29-2)6-4-15/h3-6,9,11,17H,7-8,10,12-13H2,1-2H3,(H,22,26)(H,23,28)/t17-/m1/s1. The van der Waals surface area contributed by atoms with Crippen LogP contribution >= 0.6 is 0 Å². The first-order chi connectivity index (χ1) is 14.0. The molecule has 0 unspecified atom stereocenters. The Labute approximate surface area is 169 Å². The summed E-state index contributed by atoms with van der Waals surface area (Å²) >= 11 is 0. The molecule has 1 fully saturated rings. The maximum absolute atomic E-state index is 12.5. The second-order valence-corrected chi connectivity index (χ2v) is 6.83. The Morgan fingerprint density at radius 3 is 2.69 bits per heavy atom. The van der Waals surface area contributed by atoms with Crippen molar-refractivity contribution in [2.24, 2.45) is 0 Å². The Balaban J connectivity index is 1.44. The number of carbonyl (C=O) groups excluding carboxylic acids is 3. The lowest BCUT2D eigenvalue weighted by Crippen LogP contribution is -2.33. The highest BCUT2D eigenvalue weighted by Gasteiger charge is 2.37. The van der Waals surface area contributed by atoms with Gasteiger partial charge in [-0.05, 0) is 31.0 Å². The Morgan fingerprint density at radius 1 is 1.28 bits per heavy atom. The van der Waals surface area contributed by atoms with Crippen molar-refractivity contribution in [2.75, 3.05) is 13.7 Å². The minimum absolute atomic E-state index is 0.154. The second-order valence-electron chi connectivity index (χ2n) is 6.83. The summed E-state index contributed by atoms with van der Waals surface area (Å²) in [7, 11) is 1.58. The van der Waals surface area contributed by atoms with E-state index < -0.39 is 12.1 Å². The van der Waals surface area contributed by atoms with Crippen LogP contribution in [-0.4, -0.2) is 52.0 Å². The molecule has 2 heterocycles. The van der Waals surface area contributed by atoms with Gasteiger partial charge < -0.3 is 19.9 Å². The van der Waals surface area contributed by atoms with Crippen LogP contribution in [0.15, 0.2) is 36.7 Å². The van der Waals surface area contributed by atoms with Gasteiger partial charge in [-0.2, -0.15) is 0 Å². The van der Waals surface area contributed by atoms with Gasteiger partial charge >= 0.3 is 6.03 Å². The van der Waals surface area contributed by atoms with Gasteiger partial charge in [0.1, 0.15) is 17.6 Å². The summed E-state index contributed by atoms with van der Waals surface area (Å²) in [6, 6.07) is 6.06. The fourth-order valence-corrected chi connectivity index (χ4v) is 3.16. The number of hydrogen-bond acceptors (Lipinski definition) is 5. The zero-order chi connectivity index (χ0) is 20.8. The third kappa shape index (κ3) is 5.13. The normalized spacial score (nSPS) is 16.1. The van der Waals surface area contributed by atoms with Gasteiger partial charge in [-0.1, -0.05) is 12.1 Å². The van der Waals surface area contributed by atoms with E-state index in [9.17, 15) is 14.4 Å². The van der Waals surface area contributed by atoms with Gasteiger partial charge in [0.2, 0.25) is 5.91 Å². The van der Waals surface area contributed by atoms with Crippen molar-refractivity contribution in [3.05, 3.63) is 48.0 Å². The topological polar surface area (TPSA) is 106 Å². The van der Waals surface area contributed by atoms with E-state index in [2.05, 4.69) is 15.6 Å². The van der Waals surface area contributed by atoms with E-state index in [0.717, 1.165) is 11.4 Å². The fourth-order valence-electron chi connectivity index (χ4n) is 3.16. The highest BCUT2D eigenvalue weighted by Crippen LogP contribution is 2.17. The molecule has 3 rings (SSSR count). The summed E-state index contributed by atoms with van der Waals surface area (Å²) in [5, 5.41) is 5.48. The van der Waals surface area contributed by atoms with E-state index in [-0.39, 0.29) is 31.2 Å². The number of urea groups is 1. The van der Waals surface area contributed by atoms with E-state index in [0.29, 0.717) is 18.8 Å². The van der Waals surface area contributed by atoms with Crippen molar-refractivity contribution in [3.8, 4) is 5.75 Å². The minimum Gasteiger partial charge on any atom is -0.497 e. The average molecular weight is 399 g/mol. The zero-order valence-electron chi connectivity index (χ0n) is 16.6. The molecule has 4 amide bonds. The van der Waals surface area contributed by atoms with Gasteiger partial charge in [0.15, 0.2) is 0 Å². The van der Waals surface area contributed by atoms with Crippen LogP contribution in [0.3, 0.4) is 0 Å². The van der Waals surface area contributed by atoms with Crippen LogP contribution < -0.4 is 15.4 Å². The highest BCUT2D eigenvalue weighted by molar-refractivity contribution is 6.04. The molecule has 0 spiro atoms. The summed E-state index contributed by atoms with van der Waals surface area (Å²) in [5.41, 5.74) is 0.822. The number of amides is 4. The molecule has 0 aliphatic carbocycles. The molecule has 9 nitrogen and oxygen atoms in total. The van der Waals surface area contributed by atoms with Crippen molar-refractivity contribution in [1.29, 1.82) is 0 Å². The second kappa shape index (κ2) is 9.22. The number of hydrogen-bond donors (Lipinski definition) is 2.